The van der Waals surface area contributed by atoms with E-state index in [0.717, 1.165) is 17.9 Å². The number of halogens is 2. The molecule has 6 atom stereocenters. The van der Waals surface area contributed by atoms with Gasteiger partial charge in [-0.05, 0) is 60.6 Å². The molecular formula is C38H44I2N8O6Si. The second-order valence-corrected chi connectivity index (χ2v) is 21.3. The van der Waals surface area contributed by atoms with E-state index in [1.165, 1.54) is 23.0 Å². The normalized spacial score (nSPS) is 23.0. The molecule has 6 aromatic rings. The van der Waals surface area contributed by atoms with Crippen molar-refractivity contribution in [3.05, 3.63) is 92.9 Å². The van der Waals surface area contributed by atoms with Gasteiger partial charge in [0, 0.05) is 32.4 Å². The number of nitrogen functional groups attached to an aromatic ring is 2. The first-order valence-corrected chi connectivity index (χ1v) is 22.0. The van der Waals surface area contributed by atoms with Gasteiger partial charge >= 0.3 is 0 Å². The van der Waals surface area contributed by atoms with Gasteiger partial charge in [0.25, 0.3) is 8.32 Å². The second kappa shape index (κ2) is 16.3. The van der Waals surface area contributed by atoms with Crippen LogP contribution in [0.2, 0.25) is 5.04 Å². The van der Waals surface area contributed by atoms with Crippen molar-refractivity contribution in [2.24, 2.45) is 0 Å². The van der Waals surface area contributed by atoms with E-state index >= 15 is 0 Å². The van der Waals surface area contributed by atoms with Crippen LogP contribution in [0.25, 0.3) is 22.1 Å². The number of hydrogen-bond donors (Lipinski definition) is 5. The van der Waals surface area contributed by atoms with Crippen molar-refractivity contribution >= 4 is 97.6 Å². The highest BCUT2D eigenvalue weighted by molar-refractivity contribution is 14.1. The number of rotatable bonds is 8. The lowest BCUT2D eigenvalue weighted by Gasteiger charge is -2.43. The molecule has 290 valence electrons. The Labute approximate surface area is 346 Å². The minimum atomic E-state index is -2.73. The summed E-state index contributed by atoms with van der Waals surface area (Å²) in [5.74, 6) is 0.860. The lowest BCUT2D eigenvalue weighted by molar-refractivity contribution is -0.0430. The van der Waals surface area contributed by atoms with Gasteiger partial charge in [0.1, 0.15) is 60.2 Å². The molecule has 2 aliphatic heterocycles. The van der Waals surface area contributed by atoms with Crippen LogP contribution in [-0.2, 0) is 13.9 Å². The van der Waals surface area contributed by atoms with Gasteiger partial charge in [-0.2, -0.15) is 0 Å². The summed E-state index contributed by atoms with van der Waals surface area (Å²) in [7, 11) is -2.73. The van der Waals surface area contributed by atoms with Gasteiger partial charge in [-0.3, -0.25) is 0 Å². The molecule has 2 aliphatic rings. The Bertz CT molecular complexity index is 2220. The molecule has 7 N–H and O–H groups in total. The van der Waals surface area contributed by atoms with Gasteiger partial charge in [0.15, 0.2) is 0 Å². The van der Waals surface area contributed by atoms with Crippen LogP contribution in [0.1, 0.15) is 46.1 Å². The first kappa shape index (κ1) is 39.9. The third kappa shape index (κ3) is 7.62. The van der Waals surface area contributed by atoms with Crippen LogP contribution in [-0.4, -0.2) is 90.3 Å². The van der Waals surface area contributed by atoms with Crippen LogP contribution < -0.4 is 21.8 Å². The number of aliphatic hydroxyl groups is 3. The predicted molar refractivity (Wildman–Crippen MR) is 229 cm³/mol. The van der Waals surface area contributed by atoms with Gasteiger partial charge in [0.2, 0.25) is 0 Å². The zero-order chi connectivity index (χ0) is 39.1. The number of ether oxygens (including phenoxy) is 2. The molecule has 8 rings (SSSR count). The zero-order valence-electron chi connectivity index (χ0n) is 30.5. The first-order valence-electron chi connectivity index (χ1n) is 17.9. The maximum absolute atomic E-state index is 11.0. The summed E-state index contributed by atoms with van der Waals surface area (Å²) in [6.45, 7) is 6.81. The molecule has 55 heavy (non-hydrogen) atoms. The molecule has 2 fully saturated rings. The number of nitrogens with two attached hydrogens (primary N) is 2. The summed E-state index contributed by atoms with van der Waals surface area (Å²) in [6.07, 6.45) is 4.45. The van der Waals surface area contributed by atoms with Crippen LogP contribution in [0, 0.1) is 7.14 Å². The molecule has 0 bridgehead atoms. The third-order valence-electron chi connectivity index (χ3n) is 10.3. The molecule has 17 heteroatoms. The van der Waals surface area contributed by atoms with E-state index < -0.39 is 32.7 Å². The quantitative estimate of drug-likeness (QED) is 0.108. The number of hydrogen-bond acceptors (Lipinski definition) is 12. The molecule has 4 aromatic heterocycles. The number of benzene rings is 2. The summed E-state index contributed by atoms with van der Waals surface area (Å²) in [4.78, 5) is 16.8. The Balaban J connectivity index is 0.000000205. The minimum absolute atomic E-state index is 0.153. The van der Waals surface area contributed by atoms with Crippen LogP contribution >= 0.6 is 45.2 Å². The van der Waals surface area contributed by atoms with Crippen LogP contribution in [0.15, 0.2) is 85.7 Å². The maximum atomic E-state index is 11.0. The van der Waals surface area contributed by atoms with E-state index in [-0.39, 0.29) is 24.1 Å². The molecule has 0 saturated carbocycles. The summed E-state index contributed by atoms with van der Waals surface area (Å²) in [5.41, 5.74) is 13.3. The first-order chi connectivity index (χ1) is 26.3. The molecular weight excluding hydrogens is 946 g/mol. The highest BCUT2D eigenvalue weighted by Gasteiger charge is 2.51. The van der Waals surface area contributed by atoms with Crippen LogP contribution in [0.5, 0.6) is 0 Å². The molecule has 0 radical (unpaired) electrons. The van der Waals surface area contributed by atoms with E-state index in [0.29, 0.717) is 42.4 Å². The third-order valence-corrected chi connectivity index (χ3v) is 16.9. The van der Waals surface area contributed by atoms with Crippen molar-refractivity contribution in [1.82, 2.24) is 29.1 Å². The lowest BCUT2D eigenvalue weighted by Crippen LogP contribution is -2.67. The number of anilines is 2. The van der Waals surface area contributed by atoms with Gasteiger partial charge in [-0.15, -0.1) is 0 Å². The highest BCUT2D eigenvalue weighted by atomic mass is 127. The van der Waals surface area contributed by atoms with Crippen molar-refractivity contribution in [2.45, 2.75) is 75.5 Å². The average molecular weight is 991 g/mol. The van der Waals surface area contributed by atoms with Crippen molar-refractivity contribution in [1.29, 1.82) is 0 Å². The fourth-order valence-corrected chi connectivity index (χ4v) is 13.8. The molecule has 2 aromatic carbocycles. The fraction of sp³-hybridized carbons (Fsp3) is 0.368. The topological polar surface area (TPSA) is 202 Å². The molecule has 6 heterocycles. The average Bonchev–Trinajstić information content (AvgIpc) is 3.92. The Morgan fingerprint density at radius 1 is 0.745 bits per heavy atom. The van der Waals surface area contributed by atoms with Crippen molar-refractivity contribution in [3.63, 3.8) is 0 Å². The van der Waals surface area contributed by atoms with Gasteiger partial charge < -0.3 is 49.8 Å². The molecule has 2 saturated heterocycles. The maximum Gasteiger partial charge on any atom is 0.261 e. The zero-order valence-corrected chi connectivity index (χ0v) is 35.9. The summed E-state index contributed by atoms with van der Waals surface area (Å²) < 4.78 is 24.7. The van der Waals surface area contributed by atoms with E-state index in [4.69, 9.17) is 30.5 Å². The number of nitrogens with zero attached hydrogens (tertiary/aromatic N) is 6. The van der Waals surface area contributed by atoms with E-state index in [1.54, 1.807) is 0 Å². The van der Waals surface area contributed by atoms with Crippen molar-refractivity contribution < 1.29 is 29.2 Å². The lowest BCUT2D eigenvalue weighted by atomic mass is 10.2. The van der Waals surface area contributed by atoms with Crippen molar-refractivity contribution in [3.8, 4) is 0 Å². The smallest absolute Gasteiger partial charge is 0.261 e. The van der Waals surface area contributed by atoms with E-state index in [9.17, 15) is 10.2 Å². The summed E-state index contributed by atoms with van der Waals surface area (Å²) in [6, 6.07) is 21.0. The number of aliphatic hydroxyl groups excluding tert-OH is 3. The van der Waals surface area contributed by atoms with Gasteiger partial charge in [0.05, 0.1) is 36.2 Å². The predicted octanol–water partition coefficient (Wildman–Crippen LogP) is 4.10. The molecule has 0 aliphatic carbocycles. The second-order valence-electron chi connectivity index (χ2n) is 14.7. The van der Waals surface area contributed by atoms with Crippen molar-refractivity contribution in [2.75, 3.05) is 24.7 Å². The number of fused-ring (bicyclic) bond motifs is 2. The van der Waals surface area contributed by atoms with E-state index in [1.807, 2.05) is 33.7 Å². The Morgan fingerprint density at radius 2 is 1.18 bits per heavy atom. The van der Waals surface area contributed by atoms with Gasteiger partial charge in [-0.1, -0.05) is 81.4 Å². The molecule has 0 spiro atoms. The Kier molecular flexibility index (Phi) is 11.8. The molecule has 0 amide bonds. The summed E-state index contributed by atoms with van der Waals surface area (Å²) in [5, 5.41) is 33.8. The summed E-state index contributed by atoms with van der Waals surface area (Å²) >= 11 is 4.39. The minimum Gasteiger partial charge on any atom is -0.405 e. The molecule has 6 unspecified atom stereocenters. The SMILES string of the molecule is CC(C)(C)[Si](OCC1OC(n2cc(I)c3c(N)ncnc32)CC1O)(c1ccccc1)c1ccccc1.Nc1ncnc2c1c(I)cn2C1CC(O)C(CO)O1. The fourth-order valence-electron chi connectivity index (χ4n) is 7.62. The van der Waals surface area contributed by atoms with Gasteiger partial charge in [-0.25, -0.2) is 19.9 Å². The monoisotopic (exact) mass is 990 g/mol. The Morgan fingerprint density at radius 3 is 1.60 bits per heavy atom. The highest BCUT2D eigenvalue weighted by Crippen LogP contribution is 2.39. The standard InChI is InChI=1S/C27H31IN4O3Si.C11H13IN4O3/c1-27(2,3)36(18-10-6-4-7-11-18,19-12-8-5-9-13-19)34-16-22-21(33)14-23(35-22)32-15-20(28)24-25(29)30-17-31-26(24)32;12-5-2-16(8-1-6(18)7(3-17)19-8)11-9(5)10(13)14-4-15-11/h4-13,15,17,21-23,33H,14,16H2,1-3H3,(H2,29,30,31);2,4,6-8,17-18H,1,3H2,(H2,13,14,15). The number of aromatic nitrogens is 6. The van der Waals surface area contributed by atoms with Crippen LogP contribution in [0.3, 0.4) is 0 Å². The van der Waals surface area contributed by atoms with Crippen LogP contribution in [0.4, 0.5) is 11.6 Å². The Hall–Kier alpha value is -3.28. The largest absolute Gasteiger partial charge is 0.405 e. The van der Waals surface area contributed by atoms with E-state index in [2.05, 4.69) is 134 Å². The molecule has 14 nitrogen and oxygen atoms in total.